The summed E-state index contributed by atoms with van der Waals surface area (Å²) in [6, 6.07) is 5.78. The Bertz CT molecular complexity index is 969. The molecule has 0 atom stereocenters. The van der Waals surface area contributed by atoms with Crippen LogP contribution in [0.4, 0.5) is 20.7 Å². The van der Waals surface area contributed by atoms with Gasteiger partial charge >= 0.3 is 6.03 Å². The molecule has 4 rings (SSSR count). The van der Waals surface area contributed by atoms with Gasteiger partial charge in [-0.15, -0.1) is 0 Å². The molecule has 0 aliphatic carbocycles. The Labute approximate surface area is 159 Å². The van der Waals surface area contributed by atoms with Gasteiger partial charge in [-0.3, -0.25) is 0 Å². The van der Waals surface area contributed by atoms with Crippen LogP contribution in [0.3, 0.4) is 0 Å². The summed E-state index contributed by atoms with van der Waals surface area (Å²) in [5.74, 6) is 0.390. The Kier molecular flexibility index (Phi) is 4.81. The van der Waals surface area contributed by atoms with Crippen molar-refractivity contribution in [2.75, 3.05) is 23.3 Å². The zero-order valence-corrected chi connectivity index (χ0v) is 15.1. The van der Waals surface area contributed by atoms with Crippen molar-refractivity contribution in [1.29, 1.82) is 0 Å². The molecule has 2 amide bonds. The van der Waals surface area contributed by atoms with Gasteiger partial charge in [-0.05, 0) is 37.1 Å². The Morgan fingerprint density at radius 2 is 2.07 bits per heavy atom. The Morgan fingerprint density at radius 1 is 1.26 bits per heavy atom. The largest absolute Gasteiger partial charge is 0.356 e. The number of nitrogens with zero attached hydrogens (tertiary/aromatic N) is 3. The van der Waals surface area contributed by atoms with Gasteiger partial charge in [-0.1, -0.05) is 11.6 Å². The number of hydrogen-bond donors (Lipinski definition) is 3. The fraction of sp³-hybridized carbons (Fsp3) is 0.278. The van der Waals surface area contributed by atoms with E-state index in [1.165, 1.54) is 18.2 Å². The lowest BCUT2D eigenvalue weighted by Crippen LogP contribution is -2.46. The van der Waals surface area contributed by atoms with Crippen molar-refractivity contribution in [2.45, 2.75) is 18.9 Å². The lowest BCUT2D eigenvalue weighted by molar-refractivity contribution is 0.246. The van der Waals surface area contributed by atoms with Crippen molar-refractivity contribution in [3.05, 3.63) is 47.6 Å². The van der Waals surface area contributed by atoms with Gasteiger partial charge in [-0.2, -0.15) is 0 Å². The zero-order valence-electron chi connectivity index (χ0n) is 14.4. The molecule has 1 aliphatic heterocycles. The maximum Gasteiger partial charge on any atom is 0.319 e. The lowest BCUT2D eigenvalue weighted by atomic mass is 10.1. The SMILES string of the molecule is O=C(Nc1ccc(F)c(Cl)c1)NC1CCN(c2ncnc3[nH]ccc23)CC1. The maximum atomic E-state index is 13.2. The molecular formula is C18H18ClFN6O. The van der Waals surface area contributed by atoms with Crippen LogP contribution in [0.15, 0.2) is 36.8 Å². The lowest BCUT2D eigenvalue weighted by Gasteiger charge is -2.33. The van der Waals surface area contributed by atoms with Crippen LogP contribution < -0.4 is 15.5 Å². The molecule has 9 heteroatoms. The summed E-state index contributed by atoms with van der Waals surface area (Å²) in [5, 5.41) is 6.60. The van der Waals surface area contributed by atoms with Crippen molar-refractivity contribution in [2.24, 2.45) is 0 Å². The summed E-state index contributed by atoms with van der Waals surface area (Å²) >= 11 is 5.73. The van der Waals surface area contributed by atoms with Crippen molar-refractivity contribution < 1.29 is 9.18 Å². The number of aromatic nitrogens is 3. The predicted molar refractivity (Wildman–Crippen MR) is 103 cm³/mol. The van der Waals surface area contributed by atoms with E-state index < -0.39 is 5.82 Å². The molecule has 27 heavy (non-hydrogen) atoms. The average Bonchev–Trinajstić information content (AvgIpc) is 3.14. The molecule has 1 aliphatic rings. The monoisotopic (exact) mass is 388 g/mol. The van der Waals surface area contributed by atoms with Gasteiger partial charge in [0.15, 0.2) is 0 Å². The molecule has 2 aromatic heterocycles. The number of amides is 2. The van der Waals surface area contributed by atoms with Gasteiger partial charge < -0.3 is 20.5 Å². The molecule has 0 spiro atoms. The second kappa shape index (κ2) is 7.40. The topological polar surface area (TPSA) is 85.9 Å². The molecule has 3 aromatic rings. The number of aromatic amines is 1. The van der Waals surface area contributed by atoms with Crippen LogP contribution in [-0.2, 0) is 0 Å². The van der Waals surface area contributed by atoms with Crippen LogP contribution in [0, 0.1) is 5.82 Å². The summed E-state index contributed by atoms with van der Waals surface area (Å²) < 4.78 is 13.2. The minimum absolute atomic E-state index is 0.0259. The number of benzene rings is 1. The Balaban J connectivity index is 1.33. The van der Waals surface area contributed by atoms with Crippen molar-refractivity contribution in [1.82, 2.24) is 20.3 Å². The second-order valence-electron chi connectivity index (χ2n) is 6.43. The number of anilines is 2. The Hall–Kier alpha value is -2.87. The highest BCUT2D eigenvalue weighted by Gasteiger charge is 2.23. The van der Waals surface area contributed by atoms with Gasteiger partial charge in [0.25, 0.3) is 0 Å². The van der Waals surface area contributed by atoms with Gasteiger partial charge in [0, 0.05) is 31.0 Å². The third kappa shape index (κ3) is 3.80. The number of hydrogen-bond acceptors (Lipinski definition) is 4. The molecule has 0 bridgehead atoms. The zero-order chi connectivity index (χ0) is 18.8. The Morgan fingerprint density at radius 3 is 2.85 bits per heavy atom. The molecular weight excluding hydrogens is 371 g/mol. The quantitative estimate of drug-likeness (QED) is 0.640. The van der Waals surface area contributed by atoms with Gasteiger partial charge in [0.1, 0.15) is 23.6 Å². The van der Waals surface area contributed by atoms with Crippen molar-refractivity contribution >= 4 is 40.2 Å². The third-order valence-electron chi connectivity index (χ3n) is 4.64. The minimum atomic E-state index is -0.517. The number of carbonyl (C=O) groups excluding carboxylic acids is 1. The van der Waals surface area contributed by atoms with Crippen LogP contribution in [-0.4, -0.2) is 40.1 Å². The van der Waals surface area contributed by atoms with E-state index in [9.17, 15) is 9.18 Å². The van der Waals surface area contributed by atoms with E-state index >= 15 is 0 Å². The molecule has 140 valence electrons. The van der Waals surface area contributed by atoms with Crippen LogP contribution >= 0.6 is 11.6 Å². The molecule has 7 nitrogen and oxygen atoms in total. The normalized spacial score (nSPS) is 15.1. The summed E-state index contributed by atoms with van der Waals surface area (Å²) in [5.41, 5.74) is 1.27. The van der Waals surface area contributed by atoms with Crippen LogP contribution in [0.1, 0.15) is 12.8 Å². The first-order chi connectivity index (χ1) is 13.1. The third-order valence-corrected chi connectivity index (χ3v) is 4.93. The molecule has 3 heterocycles. The van der Waals surface area contributed by atoms with E-state index in [4.69, 9.17) is 11.6 Å². The number of fused-ring (bicyclic) bond motifs is 1. The van der Waals surface area contributed by atoms with E-state index in [1.54, 1.807) is 6.33 Å². The molecule has 1 saturated heterocycles. The standard InChI is InChI=1S/C18H18ClFN6O/c19-14-9-12(1-2-15(14)20)25-18(27)24-11-4-7-26(8-5-11)17-13-3-6-21-16(13)22-10-23-17/h1-3,6,9-11H,4-5,7-8H2,(H,21,22,23)(H2,24,25,27). The molecule has 0 saturated carbocycles. The van der Waals surface area contributed by atoms with E-state index in [2.05, 4.69) is 30.5 Å². The number of piperidine rings is 1. The second-order valence-corrected chi connectivity index (χ2v) is 6.83. The summed E-state index contributed by atoms with van der Waals surface area (Å²) in [7, 11) is 0. The highest BCUT2D eigenvalue weighted by Crippen LogP contribution is 2.25. The summed E-state index contributed by atoms with van der Waals surface area (Å²) in [6.45, 7) is 1.56. The van der Waals surface area contributed by atoms with Crippen LogP contribution in [0.5, 0.6) is 0 Å². The highest BCUT2D eigenvalue weighted by atomic mass is 35.5. The van der Waals surface area contributed by atoms with Gasteiger partial charge in [0.2, 0.25) is 0 Å². The smallest absolute Gasteiger partial charge is 0.319 e. The molecule has 0 radical (unpaired) electrons. The van der Waals surface area contributed by atoms with Crippen molar-refractivity contribution in [3.8, 4) is 0 Å². The molecule has 3 N–H and O–H groups in total. The fourth-order valence-electron chi connectivity index (χ4n) is 3.27. The van der Waals surface area contributed by atoms with Crippen LogP contribution in [0.2, 0.25) is 5.02 Å². The fourth-order valence-corrected chi connectivity index (χ4v) is 3.45. The first-order valence-corrected chi connectivity index (χ1v) is 9.03. The van der Waals surface area contributed by atoms with E-state index in [0.29, 0.717) is 5.69 Å². The maximum absolute atomic E-state index is 13.2. The number of nitrogens with one attached hydrogen (secondary N) is 3. The van der Waals surface area contributed by atoms with Crippen molar-refractivity contribution in [3.63, 3.8) is 0 Å². The average molecular weight is 389 g/mol. The van der Waals surface area contributed by atoms with Gasteiger partial charge in [0.05, 0.1) is 10.4 Å². The number of rotatable bonds is 3. The minimum Gasteiger partial charge on any atom is -0.356 e. The summed E-state index contributed by atoms with van der Waals surface area (Å²) in [6.07, 6.45) is 5.00. The van der Waals surface area contributed by atoms with Crippen LogP contribution in [0.25, 0.3) is 11.0 Å². The van der Waals surface area contributed by atoms with E-state index in [1.807, 2.05) is 12.3 Å². The number of halogens is 2. The molecule has 1 fully saturated rings. The number of urea groups is 1. The number of H-pyrrole nitrogens is 1. The summed E-state index contributed by atoms with van der Waals surface area (Å²) in [4.78, 5) is 26.1. The first-order valence-electron chi connectivity index (χ1n) is 8.66. The molecule has 1 aromatic carbocycles. The predicted octanol–water partition coefficient (Wildman–Crippen LogP) is 3.54. The van der Waals surface area contributed by atoms with E-state index in [0.717, 1.165) is 42.8 Å². The molecule has 0 unspecified atom stereocenters. The van der Waals surface area contributed by atoms with E-state index in [-0.39, 0.29) is 17.1 Å². The first kappa shape index (κ1) is 17.5. The number of carbonyl (C=O) groups is 1. The highest BCUT2D eigenvalue weighted by molar-refractivity contribution is 6.31. The van der Waals surface area contributed by atoms with Gasteiger partial charge in [-0.25, -0.2) is 19.2 Å².